The summed E-state index contributed by atoms with van der Waals surface area (Å²) in [5.74, 6) is 1.53. The van der Waals surface area contributed by atoms with E-state index in [1.54, 1.807) is 14.2 Å². The molecule has 0 spiro atoms. The van der Waals surface area contributed by atoms with E-state index in [1.165, 1.54) is 5.56 Å². The summed E-state index contributed by atoms with van der Waals surface area (Å²) >= 11 is 0. The Morgan fingerprint density at radius 2 is 1.59 bits per heavy atom. The first-order valence-electron chi connectivity index (χ1n) is 9.36. The van der Waals surface area contributed by atoms with E-state index in [4.69, 9.17) is 9.47 Å². The predicted molar refractivity (Wildman–Crippen MR) is 106 cm³/mol. The largest absolute Gasteiger partial charge is 0.493 e. The molecule has 1 aliphatic rings. The molecule has 1 aliphatic heterocycles. The van der Waals surface area contributed by atoms with Gasteiger partial charge < -0.3 is 14.4 Å². The molecule has 5 heteroatoms. The zero-order valence-corrected chi connectivity index (χ0v) is 16.4. The van der Waals surface area contributed by atoms with E-state index in [2.05, 4.69) is 29.2 Å². The summed E-state index contributed by atoms with van der Waals surface area (Å²) in [4.78, 5) is 17.1. The van der Waals surface area contributed by atoms with Crippen molar-refractivity contribution in [1.82, 2.24) is 9.80 Å². The summed E-state index contributed by atoms with van der Waals surface area (Å²) in [5.41, 5.74) is 3.35. The topological polar surface area (TPSA) is 42.0 Å². The van der Waals surface area contributed by atoms with Crippen LogP contribution in [0.15, 0.2) is 42.5 Å². The van der Waals surface area contributed by atoms with Crippen LogP contribution in [0.5, 0.6) is 11.5 Å². The maximum atomic E-state index is 12.8. The molecule has 0 aliphatic carbocycles. The van der Waals surface area contributed by atoms with E-state index in [1.807, 2.05) is 30.0 Å². The van der Waals surface area contributed by atoms with Crippen molar-refractivity contribution in [3.05, 3.63) is 59.2 Å². The predicted octanol–water partition coefficient (Wildman–Crippen LogP) is 2.90. The number of piperazine rings is 1. The number of ether oxygens (including phenoxy) is 2. The Morgan fingerprint density at radius 3 is 2.22 bits per heavy atom. The van der Waals surface area contributed by atoms with E-state index in [9.17, 15) is 4.79 Å². The van der Waals surface area contributed by atoms with Crippen molar-refractivity contribution in [3.8, 4) is 11.5 Å². The Bertz CT molecular complexity index is 769. The second kappa shape index (κ2) is 8.91. The third kappa shape index (κ3) is 4.80. The van der Waals surface area contributed by atoms with Gasteiger partial charge >= 0.3 is 0 Å². The fourth-order valence-corrected chi connectivity index (χ4v) is 3.48. The molecule has 1 saturated heterocycles. The second-order valence-electron chi connectivity index (χ2n) is 6.95. The number of nitrogens with zero attached hydrogens (tertiary/aromatic N) is 2. The molecule has 0 aromatic heterocycles. The molecule has 3 rings (SSSR count). The van der Waals surface area contributed by atoms with Crippen LogP contribution in [0.3, 0.4) is 0 Å². The average molecular weight is 368 g/mol. The number of aryl methyl sites for hydroxylation is 1. The quantitative estimate of drug-likeness (QED) is 0.786. The number of carbonyl (C=O) groups excluding carboxylic acids is 1. The Balaban J connectivity index is 1.57. The highest BCUT2D eigenvalue weighted by molar-refractivity contribution is 5.79. The Hall–Kier alpha value is -2.53. The van der Waals surface area contributed by atoms with Crippen molar-refractivity contribution < 1.29 is 14.3 Å². The molecule has 0 saturated carbocycles. The van der Waals surface area contributed by atoms with Crippen LogP contribution >= 0.6 is 0 Å². The summed E-state index contributed by atoms with van der Waals surface area (Å²) in [6.07, 6.45) is 0.394. The first-order valence-corrected chi connectivity index (χ1v) is 9.36. The van der Waals surface area contributed by atoms with Crippen molar-refractivity contribution in [2.45, 2.75) is 19.9 Å². The van der Waals surface area contributed by atoms with Gasteiger partial charge in [-0.25, -0.2) is 0 Å². The summed E-state index contributed by atoms with van der Waals surface area (Å²) in [6.45, 7) is 6.31. The van der Waals surface area contributed by atoms with Crippen molar-refractivity contribution in [3.63, 3.8) is 0 Å². The third-order valence-electron chi connectivity index (χ3n) is 5.16. The number of methoxy groups -OCH3 is 2. The van der Waals surface area contributed by atoms with Crippen LogP contribution in [0, 0.1) is 6.92 Å². The molecular weight excluding hydrogens is 340 g/mol. The van der Waals surface area contributed by atoms with Gasteiger partial charge in [0.25, 0.3) is 0 Å². The number of hydrogen-bond donors (Lipinski definition) is 0. The number of carbonyl (C=O) groups is 1. The highest BCUT2D eigenvalue weighted by atomic mass is 16.5. The van der Waals surface area contributed by atoms with Gasteiger partial charge in [0.1, 0.15) is 0 Å². The lowest BCUT2D eigenvalue weighted by molar-refractivity contribution is -0.132. The molecule has 0 radical (unpaired) electrons. The van der Waals surface area contributed by atoms with Crippen molar-refractivity contribution in [1.29, 1.82) is 0 Å². The molecule has 0 unspecified atom stereocenters. The van der Waals surface area contributed by atoms with Crippen LogP contribution in [-0.2, 0) is 17.8 Å². The molecule has 0 N–H and O–H groups in total. The molecule has 1 heterocycles. The smallest absolute Gasteiger partial charge is 0.227 e. The van der Waals surface area contributed by atoms with Crippen LogP contribution in [0.1, 0.15) is 16.7 Å². The number of hydrogen-bond acceptors (Lipinski definition) is 4. The fraction of sp³-hybridized carbons (Fsp3) is 0.409. The van der Waals surface area contributed by atoms with Gasteiger partial charge in [-0.05, 0) is 35.7 Å². The molecule has 144 valence electrons. The lowest BCUT2D eigenvalue weighted by Crippen LogP contribution is -2.48. The van der Waals surface area contributed by atoms with Crippen molar-refractivity contribution in [2.75, 3.05) is 40.4 Å². The molecule has 2 aromatic carbocycles. The van der Waals surface area contributed by atoms with Gasteiger partial charge in [0.2, 0.25) is 5.91 Å². The maximum Gasteiger partial charge on any atom is 0.227 e. The fourth-order valence-electron chi connectivity index (χ4n) is 3.48. The van der Waals surface area contributed by atoms with Gasteiger partial charge in [-0.3, -0.25) is 9.69 Å². The van der Waals surface area contributed by atoms with Crippen molar-refractivity contribution >= 4 is 5.91 Å². The number of benzene rings is 2. The molecular formula is C22H28N2O3. The molecule has 0 atom stereocenters. The van der Waals surface area contributed by atoms with Gasteiger partial charge in [-0.15, -0.1) is 0 Å². The van der Waals surface area contributed by atoms with Crippen LogP contribution in [0.2, 0.25) is 0 Å². The third-order valence-corrected chi connectivity index (χ3v) is 5.16. The van der Waals surface area contributed by atoms with E-state index >= 15 is 0 Å². The minimum atomic E-state index is 0.171. The van der Waals surface area contributed by atoms with Crippen LogP contribution in [0.4, 0.5) is 0 Å². The lowest BCUT2D eigenvalue weighted by Gasteiger charge is -2.35. The summed E-state index contributed by atoms with van der Waals surface area (Å²) in [5, 5.41) is 0. The number of amides is 1. The Kier molecular flexibility index (Phi) is 6.35. The highest BCUT2D eigenvalue weighted by Gasteiger charge is 2.22. The van der Waals surface area contributed by atoms with E-state index in [-0.39, 0.29) is 5.91 Å². The second-order valence-corrected chi connectivity index (χ2v) is 6.95. The minimum Gasteiger partial charge on any atom is -0.493 e. The highest BCUT2D eigenvalue weighted by Crippen LogP contribution is 2.30. The van der Waals surface area contributed by atoms with Gasteiger partial charge in [-0.1, -0.05) is 30.3 Å². The molecule has 1 amide bonds. The van der Waals surface area contributed by atoms with Crippen molar-refractivity contribution in [2.24, 2.45) is 0 Å². The normalized spacial score (nSPS) is 14.9. The Morgan fingerprint density at radius 1 is 0.963 bits per heavy atom. The average Bonchev–Trinajstić information content (AvgIpc) is 2.70. The molecule has 1 fully saturated rings. The maximum absolute atomic E-state index is 12.8. The number of rotatable bonds is 6. The summed E-state index contributed by atoms with van der Waals surface area (Å²) < 4.78 is 10.7. The zero-order chi connectivity index (χ0) is 19.2. The first-order chi connectivity index (χ1) is 13.1. The van der Waals surface area contributed by atoms with Gasteiger partial charge in [0, 0.05) is 32.7 Å². The van der Waals surface area contributed by atoms with E-state index < -0.39 is 0 Å². The molecule has 2 aromatic rings. The molecule has 5 nitrogen and oxygen atoms in total. The Labute approximate surface area is 161 Å². The first kappa shape index (κ1) is 19.2. The monoisotopic (exact) mass is 368 g/mol. The van der Waals surface area contributed by atoms with Gasteiger partial charge in [-0.2, -0.15) is 0 Å². The molecule has 0 bridgehead atoms. The van der Waals surface area contributed by atoms with Crippen LogP contribution in [-0.4, -0.2) is 56.1 Å². The van der Waals surface area contributed by atoms with Crippen LogP contribution in [0.25, 0.3) is 0 Å². The molecule has 27 heavy (non-hydrogen) atoms. The lowest BCUT2D eigenvalue weighted by atomic mass is 10.0. The van der Waals surface area contributed by atoms with E-state index in [0.29, 0.717) is 17.9 Å². The summed E-state index contributed by atoms with van der Waals surface area (Å²) in [7, 11) is 3.24. The zero-order valence-electron chi connectivity index (χ0n) is 16.4. The van der Waals surface area contributed by atoms with E-state index in [0.717, 1.165) is 43.9 Å². The van der Waals surface area contributed by atoms with Gasteiger partial charge in [0.05, 0.1) is 20.6 Å². The minimum absolute atomic E-state index is 0.171. The SMILES string of the molecule is COc1cc(C)c(CC(=O)N2CCN(Cc3ccccc3)CC2)cc1OC. The van der Waals surface area contributed by atoms with Crippen LogP contribution < -0.4 is 9.47 Å². The standard InChI is InChI=1S/C22H28N2O3/c1-17-13-20(26-2)21(27-3)14-19(17)15-22(25)24-11-9-23(10-12-24)16-18-7-5-4-6-8-18/h4-8,13-14H,9-12,15-16H2,1-3H3. The van der Waals surface area contributed by atoms with Gasteiger partial charge in [0.15, 0.2) is 11.5 Å². The summed E-state index contributed by atoms with van der Waals surface area (Å²) in [6, 6.07) is 14.3.